The number of nitrogens with zero attached hydrogens (tertiary/aromatic N) is 5. The Bertz CT molecular complexity index is 1500. The second kappa shape index (κ2) is 13.4. The van der Waals surface area contributed by atoms with E-state index in [1.54, 1.807) is 18.7 Å². The van der Waals surface area contributed by atoms with Crippen molar-refractivity contribution in [3.63, 3.8) is 0 Å². The van der Waals surface area contributed by atoms with Gasteiger partial charge in [0.15, 0.2) is 11.5 Å². The smallest absolute Gasteiger partial charge is 0.252 e. The summed E-state index contributed by atoms with van der Waals surface area (Å²) in [7, 11) is 3.22. The van der Waals surface area contributed by atoms with Crippen molar-refractivity contribution in [1.29, 1.82) is 0 Å². The molecule has 1 fully saturated rings. The lowest BCUT2D eigenvalue weighted by atomic mass is 10.0. The molecule has 1 saturated heterocycles. The van der Waals surface area contributed by atoms with E-state index in [0.29, 0.717) is 68.9 Å². The molecule has 2 aliphatic rings. The quantitative estimate of drug-likeness (QED) is 0.461. The number of methoxy groups -OCH3 is 2. The number of aromatic nitrogens is 4. The van der Waals surface area contributed by atoms with Crippen LogP contribution >= 0.6 is 0 Å². The van der Waals surface area contributed by atoms with E-state index in [1.165, 1.54) is 6.33 Å². The number of carbonyl (C=O) groups is 3. The summed E-state index contributed by atoms with van der Waals surface area (Å²) in [6.07, 6.45) is 6.18. The first-order chi connectivity index (χ1) is 20.8. The van der Waals surface area contributed by atoms with Crippen LogP contribution < -0.4 is 20.1 Å². The van der Waals surface area contributed by atoms with E-state index < -0.39 is 0 Å². The molecule has 0 radical (unpaired) electrons. The van der Waals surface area contributed by atoms with Gasteiger partial charge in [0, 0.05) is 55.8 Å². The minimum atomic E-state index is -0.220. The molecule has 2 aliphatic heterocycles. The molecular weight excluding hydrogens is 550 g/mol. The summed E-state index contributed by atoms with van der Waals surface area (Å²) >= 11 is 0. The predicted molar refractivity (Wildman–Crippen MR) is 159 cm³/mol. The number of hydrogen-bond acceptors (Lipinski definition) is 8. The molecular formula is C31H41N7O5. The van der Waals surface area contributed by atoms with E-state index in [9.17, 15) is 14.4 Å². The summed E-state index contributed by atoms with van der Waals surface area (Å²) in [4.78, 5) is 50.3. The topological polar surface area (TPSA) is 140 Å². The third kappa shape index (κ3) is 6.73. The Morgan fingerprint density at radius 2 is 1.84 bits per heavy atom. The Morgan fingerprint density at radius 1 is 1.02 bits per heavy atom. The molecule has 2 N–H and O–H groups in total. The first kappa shape index (κ1) is 30.2. The molecule has 4 bridgehead atoms. The van der Waals surface area contributed by atoms with Gasteiger partial charge in [0.2, 0.25) is 17.7 Å². The van der Waals surface area contributed by atoms with Gasteiger partial charge >= 0.3 is 0 Å². The fourth-order valence-electron chi connectivity index (χ4n) is 6.45. The zero-order valence-electron chi connectivity index (χ0n) is 25.4. The summed E-state index contributed by atoms with van der Waals surface area (Å²) in [6.45, 7) is 4.73. The lowest BCUT2D eigenvalue weighted by molar-refractivity contribution is -0.135. The largest absolute Gasteiger partial charge is 0.493 e. The van der Waals surface area contributed by atoms with Crippen molar-refractivity contribution in [1.82, 2.24) is 35.1 Å². The molecule has 5 rings (SSSR count). The predicted octanol–water partition coefficient (Wildman–Crippen LogP) is 2.25. The molecule has 0 aliphatic carbocycles. The fourth-order valence-corrected chi connectivity index (χ4v) is 6.45. The molecule has 43 heavy (non-hydrogen) atoms. The van der Waals surface area contributed by atoms with Gasteiger partial charge in [-0.2, -0.15) is 10.1 Å². The molecule has 2 aromatic heterocycles. The molecule has 3 aromatic rings. The van der Waals surface area contributed by atoms with E-state index in [0.717, 1.165) is 34.5 Å². The van der Waals surface area contributed by atoms with Gasteiger partial charge in [-0.25, -0.2) is 9.50 Å². The molecule has 3 amide bonds. The van der Waals surface area contributed by atoms with Crippen LogP contribution in [0.15, 0.2) is 18.5 Å². The molecule has 230 valence electrons. The molecule has 12 nitrogen and oxygen atoms in total. The number of rotatable bonds is 5. The van der Waals surface area contributed by atoms with Crippen molar-refractivity contribution in [3.8, 4) is 11.5 Å². The van der Waals surface area contributed by atoms with E-state index >= 15 is 0 Å². The number of fused-ring (bicyclic) bond motifs is 5. The number of nitrogens with one attached hydrogen (secondary N) is 2. The first-order valence-electron chi connectivity index (χ1n) is 15.0. The third-order valence-corrected chi connectivity index (χ3v) is 8.64. The van der Waals surface area contributed by atoms with Crippen LogP contribution in [0.4, 0.5) is 0 Å². The minimum Gasteiger partial charge on any atom is -0.493 e. The van der Waals surface area contributed by atoms with Gasteiger partial charge in [0.25, 0.3) is 5.78 Å². The Labute approximate surface area is 251 Å². The number of carbonyl (C=O) groups excluding carboxylic acids is 3. The molecule has 4 heterocycles. The number of hydrogen-bond donors (Lipinski definition) is 2. The van der Waals surface area contributed by atoms with Crippen molar-refractivity contribution in [3.05, 3.63) is 46.5 Å². The van der Waals surface area contributed by atoms with Crippen LogP contribution in [0, 0.1) is 13.8 Å². The Morgan fingerprint density at radius 3 is 2.63 bits per heavy atom. The second-order valence-corrected chi connectivity index (χ2v) is 11.4. The molecule has 12 heteroatoms. The van der Waals surface area contributed by atoms with Crippen LogP contribution in [0.25, 0.3) is 5.78 Å². The molecule has 2 atom stereocenters. The highest BCUT2D eigenvalue weighted by molar-refractivity contribution is 5.81. The maximum absolute atomic E-state index is 13.8. The summed E-state index contributed by atoms with van der Waals surface area (Å²) in [5, 5.41) is 10.3. The van der Waals surface area contributed by atoms with Crippen LogP contribution in [0.1, 0.15) is 66.6 Å². The van der Waals surface area contributed by atoms with Crippen LogP contribution in [-0.2, 0) is 33.6 Å². The first-order valence-corrected chi connectivity index (χ1v) is 15.0. The zero-order chi connectivity index (χ0) is 30.5. The maximum atomic E-state index is 13.8. The summed E-state index contributed by atoms with van der Waals surface area (Å²) in [5.74, 6) is 1.66. The van der Waals surface area contributed by atoms with Crippen molar-refractivity contribution in [2.45, 2.75) is 83.7 Å². The monoisotopic (exact) mass is 591 g/mol. The van der Waals surface area contributed by atoms with Gasteiger partial charge in [-0.15, -0.1) is 0 Å². The van der Waals surface area contributed by atoms with Crippen LogP contribution in [0.2, 0.25) is 0 Å². The van der Waals surface area contributed by atoms with Gasteiger partial charge in [-0.05, 0) is 75.1 Å². The molecule has 0 unspecified atom stereocenters. The van der Waals surface area contributed by atoms with Gasteiger partial charge < -0.3 is 25.0 Å². The van der Waals surface area contributed by atoms with E-state index in [4.69, 9.17) is 9.47 Å². The van der Waals surface area contributed by atoms with Crippen molar-refractivity contribution in [2.24, 2.45) is 0 Å². The normalized spacial score (nSPS) is 20.0. The van der Waals surface area contributed by atoms with E-state index in [1.807, 2.05) is 24.8 Å². The summed E-state index contributed by atoms with van der Waals surface area (Å²) in [6, 6.07) is 3.57. The van der Waals surface area contributed by atoms with Crippen molar-refractivity contribution >= 4 is 23.5 Å². The molecule has 0 saturated carbocycles. The van der Waals surface area contributed by atoms with Gasteiger partial charge in [-0.1, -0.05) is 6.07 Å². The highest BCUT2D eigenvalue weighted by Crippen LogP contribution is 2.34. The fraction of sp³-hybridized carbons (Fsp3) is 0.548. The summed E-state index contributed by atoms with van der Waals surface area (Å²) in [5.41, 5.74) is 4.66. The zero-order valence-corrected chi connectivity index (χ0v) is 25.4. The maximum Gasteiger partial charge on any atom is 0.252 e. The average Bonchev–Trinajstić information content (AvgIpc) is 3.63. The molecule has 1 aromatic carbocycles. The van der Waals surface area contributed by atoms with Crippen LogP contribution in [0.3, 0.4) is 0 Å². The lowest BCUT2D eigenvalue weighted by Gasteiger charge is -2.31. The number of benzene rings is 1. The van der Waals surface area contributed by atoms with Gasteiger partial charge in [0.1, 0.15) is 6.33 Å². The van der Waals surface area contributed by atoms with Gasteiger partial charge in [0.05, 0.1) is 14.2 Å². The summed E-state index contributed by atoms with van der Waals surface area (Å²) < 4.78 is 12.9. The molecule has 0 spiro atoms. The Hall–Kier alpha value is -4.22. The third-order valence-electron chi connectivity index (χ3n) is 8.64. The lowest BCUT2D eigenvalue weighted by Crippen LogP contribution is -2.48. The van der Waals surface area contributed by atoms with Crippen molar-refractivity contribution in [2.75, 3.05) is 27.3 Å². The standard InChI is InChI=1S/C31H41N7O5/c1-19-25(20(2)38-31(36-19)34-18-35-38)10-12-29(41)37-23-8-9-24(37)17-33-27(39)11-7-21-14-22(6-5-13-32-28(40)16-23)30(43-4)26(15-21)42-3/h14-15,18,23-24H,5-13,16-17H2,1-4H3,(H,32,40)(H,33,39)/t23-,24+/m0/s1. The second-order valence-electron chi connectivity index (χ2n) is 11.4. The van der Waals surface area contributed by atoms with E-state index in [2.05, 4.69) is 31.8 Å². The highest BCUT2D eigenvalue weighted by Gasteiger charge is 2.37. The Balaban J connectivity index is 1.31. The van der Waals surface area contributed by atoms with E-state index in [-0.39, 0.29) is 42.6 Å². The number of ether oxygens (including phenoxy) is 2. The van der Waals surface area contributed by atoms with Crippen LogP contribution in [-0.4, -0.2) is 81.6 Å². The number of amides is 3. The SMILES string of the molecule is COc1cc2cc(c1OC)CCCNC(=O)C[C@@H]1CC[C@H](CNC(=O)CC2)N1C(=O)CCc1c(C)nc2ncnn2c1C. The van der Waals surface area contributed by atoms with Gasteiger partial charge in [-0.3, -0.25) is 14.4 Å². The highest BCUT2D eigenvalue weighted by atomic mass is 16.5. The Kier molecular flexibility index (Phi) is 9.42. The minimum absolute atomic E-state index is 0.0276. The van der Waals surface area contributed by atoms with Crippen molar-refractivity contribution < 1.29 is 23.9 Å². The average molecular weight is 592 g/mol. The number of aryl methyl sites for hydroxylation is 4. The van der Waals surface area contributed by atoms with Crippen LogP contribution in [0.5, 0.6) is 11.5 Å².